The fourth-order valence-electron chi connectivity index (χ4n) is 3.71. The summed E-state index contributed by atoms with van der Waals surface area (Å²) >= 11 is 0. The molecule has 0 saturated carbocycles. The molecule has 0 N–H and O–H groups in total. The lowest BCUT2D eigenvalue weighted by atomic mass is 10.1. The van der Waals surface area contributed by atoms with Crippen molar-refractivity contribution in [2.45, 2.75) is 25.8 Å². The van der Waals surface area contributed by atoms with Gasteiger partial charge in [0.15, 0.2) is 0 Å². The van der Waals surface area contributed by atoms with E-state index >= 15 is 0 Å². The molecule has 6 heteroatoms. The van der Waals surface area contributed by atoms with Crippen LogP contribution in [0.4, 0.5) is 11.4 Å². The Morgan fingerprint density at radius 1 is 1.08 bits per heavy atom. The summed E-state index contributed by atoms with van der Waals surface area (Å²) in [6, 6.07) is 15.0. The van der Waals surface area contributed by atoms with E-state index in [1.807, 2.05) is 30.0 Å². The first-order valence-corrected chi connectivity index (χ1v) is 10.1. The molecule has 0 radical (unpaired) electrons. The van der Waals surface area contributed by atoms with Crippen LogP contribution in [0.3, 0.4) is 0 Å². The number of carbonyl (C=O) groups is 1. The smallest absolute Gasteiger partial charge is 0.258 e. The van der Waals surface area contributed by atoms with E-state index in [4.69, 9.17) is 0 Å². The van der Waals surface area contributed by atoms with Crippen LogP contribution in [0.25, 0.3) is 0 Å². The number of benzene rings is 2. The highest BCUT2D eigenvalue weighted by Crippen LogP contribution is 2.33. The molecule has 2 aromatic carbocycles. The zero-order valence-electron chi connectivity index (χ0n) is 14.1. The Balaban J connectivity index is 1.62. The van der Waals surface area contributed by atoms with Gasteiger partial charge < -0.3 is 4.90 Å². The van der Waals surface area contributed by atoms with E-state index in [-0.39, 0.29) is 17.7 Å². The monoisotopic (exact) mass is 356 g/mol. The van der Waals surface area contributed by atoms with Crippen LogP contribution in [0.1, 0.15) is 29.3 Å². The third-order valence-corrected chi connectivity index (χ3v) is 6.80. The van der Waals surface area contributed by atoms with E-state index < -0.39 is 10.0 Å². The normalized spacial score (nSPS) is 21.4. The first-order valence-electron chi connectivity index (χ1n) is 8.49. The molecule has 4 rings (SSSR count). The van der Waals surface area contributed by atoms with Crippen molar-refractivity contribution in [2.24, 2.45) is 0 Å². The van der Waals surface area contributed by atoms with Gasteiger partial charge in [0, 0.05) is 23.8 Å². The lowest BCUT2D eigenvalue weighted by Crippen LogP contribution is -2.35. The molecule has 1 fully saturated rings. The van der Waals surface area contributed by atoms with Crippen LogP contribution in [0, 0.1) is 0 Å². The summed E-state index contributed by atoms with van der Waals surface area (Å²) in [7, 11) is -3.20. The van der Waals surface area contributed by atoms with Crippen LogP contribution in [0.2, 0.25) is 0 Å². The fourth-order valence-corrected chi connectivity index (χ4v) is 5.28. The van der Waals surface area contributed by atoms with E-state index in [2.05, 4.69) is 6.07 Å². The van der Waals surface area contributed by atoms with Gasteiger partial charge >= 0.3 is 0 Å². The number of nitrogens with zero attached hydrogens (tertiary/aromatic N) is 2. The number of carbonyl (C=O) groups excluding carboxylic acids is 1. The van der Waals surface area contributed by atoms with Crippen molar-refractivity contribution >= 4 is 27.3 Å². The molecule has 130 valence electrons. The largest absolute Gasteiger partial charge is 0.305 e. The molecule has 1 saturated heterocycles. The average molecular weight is 356 g/mol. The maximum atomic E-state index is 13.0. The number of hydrogen-bond acceptors (Lipinski definition) is 3. The van der Waals surface area contributed by atoms with Crippen LogP contribution in [0.5, 0.6) is 0 Å². The lowest BCUT2D eigenvalue weighted by molar-refractivity contribution is 0.0981. The van der Waals surface area contributed by atoms with Crippen molar-refractivity contribution in [3.63, 3.8) is 0 Å². The van der Waals surface area contributed by atoms with Crippen molar-refractivity contribution in [1.82, 2.24) is 0 Å². The number of fused-ring (bicyclic) bond motifs is 1. The third kappa shape index (κ3) is 2.70. The maximum absolute atomic E-state index is 13.0. The Bertz CT molecular complexity index is 922. The summed E-state index contributed by atoms with van der Waals surface area (Å²) in [6.45, 7) is 2.55. The predicted molar refractivity (Wildman–Crippen MR) is 98.6 cm³/mol. The van der Waals surface area contributed by atoms with Gasteiger partial charge in [0.2, 0.25) is 10.0 Å². The van der Waals surface area contributed by atoms with Crippen molar-refractivity contribution in [3.8, 4) is 0 Å². The summed E-state index contributed by atoms with van der Waals surface area (Å²) in [5.74, 6) is 0.142. The Hall–Kier alpha value is -2.34. The summed E-state index contributed by atoms with van der Waals surface area (Å²) in [4.78, 5) is 14.8. The number of hydrogen-bond donors (Lipinski definition) is 0. The molecule has 5 nitrogen and oxygen atoms in total. The first kappa shape index (κ1) is 16.1. The SMILES string of the molecule is CC1Cc2ccccc2N1C(=O)c1ccc(N2CCCS2(=O)=O)cc1. The van der Waals surface area contributed by atoms with E-state index in [0.717, 1.165) is 12.1 Å². The third-order valence-electron chi connectivity index (χ3n) is 4.93. The minimum absolute atomic E-state index is 0.0479. The van der Waals surface area contributed by atoms with E-state index in [1.54, 1.807) is 24.3 Å². The van der Waals surface area contributed by atoms with Gasteiger partial charge in [0.25, 0.3) is 5.91 Å². The minimum atomic E-state index is -3.20. The summed E-state index contributed by atoms with van der Waals surface area (Å²) in [6.07, 6.45) is 1.50. The maximum Gasteiger partial charge on any atom is 0.258 e. The second-order valence-corrected chi connectivity index (χ2v) is 8.66. The van der Waals surface area contributed by atoms with Crippen LogP contribution < -0.4 is 9.21 Å². The Morgan fingerprint density at radius 3 is 2.48 bits per heavy atom. The number of sulfonamides is 1. The summed E-state index contributed by atoms with van der Waals surface area (Å²) in [5.41, 5.74) is 3.35. The standard InChI is InChI=1S/C19H20N2O3S/c1-14-13-16-5-2-3-6-18(16)21(14)19(22)15-7-9-17(10-8-15)20-11-4-12-25(20,23)24/h2-3,5-10,14H,4,11-13H2,1H3. The molecule has 0 bridgehead atoms. The summed E-state index contributed by atoms with van der Waals surface area (Å²) < 4.78 is 25.5. The second kappa shape index (κ2) is 5.88. The molecule has 2 aliphatic rings. The molecule has 0 aliphatic carbocycles. The van der Waals surface area contributed by atoms with Gasteiger partial charge in [-0.05, 0) is 55.7 Å². The second-order valence-electron chi connectivity index (χ2n) is 6.65. The highest BCUT2D eigenvalue weighted by atomic mass is 32.2. The van der Waals surface area contributed by atoms with Gasteiger partial charge in [0.05, 0.1) is 11.4 Å². The van der Waals surface area contributed by atoms with Crippen molar-refractivity contribution in [2.75, 3.05) is 21.5 Å². The van der Waals surface area contributed by atoms with Gasteiger partial charge in [-0.3, -0.25) is 9.10 Å². The quantitative estimate of drug-likeness (QED) is 0.831. The van der Waals surface area contributed by atoms with Crippen LogP contribution in [0.15, 0.2) is 48.5 Å². The molecular formula is C19H20N2O3S. The average Bonchev–Trinajstić information content (AvgIpc) is 3.12. The molecule has 1 unspecified atom stereocenters. The fraction of sp³-hybridized carbons (Fsp3) is 0.316. The zero-order chi connectivity index (χ0) is 17.6. The Labute approximate surface area is 147 Å². The molecule has 1 amide bonds. The summed E-state index contributed by atoms with van der Waals surface area (Å²) in [5, 5.41) is 0. The number of para-hydroxylation sites is 1. The van der Waals surface area contributed by atoms with Gasteiger partial charge in [-0.25, -0.2) is 8.42 Å². The predicted octanol–water partition coefficient (Wildman–Crippen LogP) is 2.82. The molecule has 2 aromatic rings. The van der Waals surface area contributed by atoms with Crippen molar-refractivity contribution in [3.05, 3.63) is 59.7 Å². The van der Waals surface area contributed by atoms with Crippen LogP contribution in [-0.2, 0) is 16.4 Å². The lowest BCUT2D eigenvalue weighted by Gasteiger charge is -2.23. The minimum Gasteiger partial charge on any atom is -0.305 e. The molecule has 2 heterocycles. The van der Waals surface area contributed by atoms with Crippen molar-refractivity contribution < 1.29 is 13.2 Å². The molecule has 2 aliphatic heterocycles. The highest BCUT2D eigenvalue weighted by Gasteiger charge is 2.32. The number of anilines is 2. The van der Waals surface area contributed by atoms with Crippen molar-refractivity contribution in [1.29, 1.82) is 0 Å². The van der Waals surface area contributed by atoms with Gasteiger partial charge in [0.1, 0.15) is 0 Å². The van der Waals surface area contributed by atoms with E-state index in [0.29, 0.717) is 24.2 Å². The number of amides is 1. The molecule has 0 spiro atoms. The highest BCUT2D eigenvalue weighted by molar-refractivity contribution is 7.93. The Morgan fingerprint density at radius 2 is 1.80 bits per heavy atom. The molecular weight excluding hydrogens is 336 g/mol. The topological polar surface area (TPSA) is 57.7 Å². The van der Waals surface area contributed by atoms with Gasteiger partial charge in [-0.1, -0.05) is 18.2 Å². The van der Waals surface area contributed by atoms with E-state index in [1.165, 1.54) is 9.87 Å². The van der Waals surface area contributed by atoms with E-state index in [9.17, 15) is 13.2 Å². The van der Waals surface area contributed by atoms with Crippen LogP contribution in [-0.4, -0.2) is 32.7 Å². The molecule has 25 heavy (non-hydrogen) atoms. The van der Waals surface area contributed by atoms with Gasteiger partial charge in [-0.2, -0.15) is 0 Å². The Kier molecular flexibility index (Phi) is 3.80. The molecule has 0 aromatic heterocycles. The molecule has 1 atom stereocenters. The first-order chi connectivity index (χ1) is 12.0. The zero-order valence-corrected chi connectivity index (χ0v) is 14.9. The number of rotatable bonds is 2. The van der Waals surface area contributed by atoms with Gasteiger partial charge in [-0.15, -0.1) is 0 Å². The van der Waals surface area contributed by atoms with Crippen LogP contribution >= 0.6 is 0 Å².